The number of guanidine groups is 1. The monoisotopic (exact) mass is 521 g/mol. The van der Waals surface area contributed by atoms with Gasteiger partial charge in [0.25, 0.3) is 0 Å². The molecule has 2 atom stereocenters. The molecule has 7 heteroatoms. The molecule has 1 fully saturated rings. The Kier molecular flexibility index (Phi) is 13.2. The number of hydrogen-bond acceptors (Lipinski definition) is 4. The zero-order valence-corrected chi connectivity index (χ0v) is 20.5. The lowest BCUT2D eigenvalue weighted by atomic mass is 10.2. The standard InChI is InChI=1S/C21H35N3O2S.HI/c1-4-22-21(23-12-19(25)15-26-14-17(2)3)24-11-10-18(13-24)16-27-20-8-6-5-7-9-20;/h5-9,17-19,25H,4,10-16H2,1-3H3,(H,22,23);1H. The number of benzene rings is 1. The van der Waals surface area contributed by atoms with Crippen LogP contribution in [0.5, 0.6) is 0 Å². The maximum absolute atomic E-state index is 10.1. The molecule has 1 heterocycles. The van der Waals surface area contributed by atoms with Gasteiger partial charge in [0.15, 0.2) is 5.96 Å². The fourth-order valence-electron chi connectivity index (χ4n) is 3.00. The zero-order chi connectivity index (χ0) is 19.5. The van der Waals surface area contributed by atoms with Crippen LogP contribution in [-0.4, -0.2) is 67.2 Å². The van der Waals surface area contributed by atoms with E-state index in [1.54, 1.807) is 0 Å². The molecule has 160 valence electrons. The van der Waals surface area contributed by atoms with E-state index in [2.05, 4.69) is 66.3 Å². The maximum atomic E-state index is 10.1. The van der Waals surface area contributed by atoms with Crippen LogP contribution in [0.4, 0.5) is 0 Å². The van der Waals surface area contributed by atoms with Crippen LogP contribution in [0.1, 0.15) is 27.2 Å². The molecule has 5 nitrogen and oxygen atoms in total. The van der Waals surface area contributed by atoms with Crippen molar-refractivity contribution in [2.45, 2.75) is 38.2 Å². The minimum atomic E-state index is -0.551. The highest BCUT2D eigenvalue weighted by atomic mass is 127. The van der Waals surface area contributed by atoms with Gasteiger partial charge in [-0.15, -0.1) is 35.7 Å². The summed E-state index contributed by atoms with van der Waals surface area (Å²) in [5.41, 5.74) is 0. The second-order valence-corrected chi connectivity index (χ2v) is 8.60. The van der Waals surface area contributed by atoms with Crippen molar-refractivity contribution >= 4 is 41.7 Å². The minimum Gasteiger partial charge on any atom is -0.389 e. The summed E-state index contributed by atoms with van der Waals surface area (Å²) in [6.07, 6.45) is 0.633. The Morgan fingerprint density at radius 2 is 2.07 bits per heavy atom. The lowest BCUT2D eigenvalue weighted by Crippen LogP contribution is -2.41. The van der Waals surface area contributed by atoms with Crippen molar-refractivity contribution in [3.63, 3.8) is 0 Å². The lowest BCUT2D eigenvalue weighted by Gasteiger charge is -2.22. The Bertz CT molecular complexity index is 560. The van der Waals surface area contributed by atoms with Crippen molar-refractivity contribution in [3.8, 4) is 0 Å². The first-order valence-electron chi connectivity index (χ1n) is 10.0. The molecule has 1 aliphatic heterocycles. The smallest absolute Gasteiger partial charge is 0.194 e. The first-order chi connectivity index (χ1) is 13.1. The van der Waals surface area contributed by atoms with Gasteiger partial charge in [0.1, 0.15) is 0 Å². The van der Waals surface area contributed by atoms with Crippen LogP contribution in [0.2, 0.25) is 0 Å². The molecule has 0 saturated carbocycles. The maximum Gasteiger partial charge on any atom is 0.194 e. The Labute approximate surface area is 191 Å². The average molecular weight is 522 g/mol. The summed E-state index contributed by atoms with van der Waals surface area (Å²) in [6.45, 7) is 10.6. The SMILES string of the molecule is CCNC(=NCC(O)COCC(C)C)N1CCC(CSc2ccccc2)C1.I. The molecule has 0 radical (unpaired) electrons. The Balaban J connectivity index is 0.00000392. The molecule has 2 rings (SSSR count). The van der Waals surface area contributed by atoms with Crippen molar-refractivity contribution in [1.29, 1.82) is 0 Å². The summed E-state index contributed by atoms with van der Waals surface area (Å²) < 4.78 is 5.51. The number of aliphatic hydroxyl groups excluding tert-OH is 1. The largest absolute Gasteiger partial charge is 0.389 e. The molecule has 0 aliphatic carbocycles. The Morgan fingerprint density at radius 1 is 1.32 bits per heavy atom. The molecular weight excluding hydrogens is 485 g/mol. The van der Waals surface area contributed by atoms with Gasteiger partial charge in [-0.2, -0.15) is 0 Å². The molecular formula is C21H36IN3O2S. The van der Waals surface area contributed by atoms with Crippen LogP contribution in [0, 0.1) is 11.8 Å². The third-order valence-electron chi connectivity index (χ3n) is 4.36. The van der Waals surface area contributed by atoms with Crippen molar-refractivity contribution in [2.24, 2.45) is 16.8 Å². The van der Waals surface area contributed by atoms with Gasteiger partial charge in [-0.05, 0) is 37.3 Å². The fourth-order valence-corrected chi connectivity index (χ4v) is 4.05. The first kappa shape index (κ1) is 25.5. The van der Waals surface area contributed by atoms with E-state index in [4.69, 9.17) is 4.74 Å². The number of nitrogens with zero attached hydrogens (tertiary/aromatic N) is 2. The molecule has 1 aromatic carbocycles. The number of halogens is 1. The van der Waals surface area contributed by atoms with E-state index in [0.29, 0.717) is 31.6 Å². The van der Waals surface area contributed by atoms with E-state index >= 15 is 0 Å². The number of hydrogen-bond donors (Lipinski definition) is 2. The number of ether oxygens (including phenoxy) is 1. The predicted molar refractivity (Wildman–Crippen MR) is 130 cm³/mol. The molecule has 0 bridgehead atoms. The van der Waals surface area contributed by atoms with Gasteiger partial charge in [0.2, 0.25) is 0 Å². The third kappa shape index (κ3) is 9.80. The fraction of sp³-hybridized carbons (Fsp3) is 0.667. The van der Waals surface area contributed by atoms with Gasteiger partial charge in [-0.25, -0.2) is 0 Å². The van der Waals surface area contributed by atoms with E-state index in [1.807, 2.05) is 11.8 Å². The van der Waals surface area contributed by atoms with E-state index in [1.165, 1.54) is 11.3 Å². The third-order valence-corrected chi connectivity index (χ3v) is 5.61. The normalized spacial score (nSPS) is 18.2. The molecule has 1 aliphatic rings. The highest BCUT2D eigenvalue weighted by Crippen LogP contribution is 2.25. The van der Waals surface area contributed by atoms with Crippen molar-refractivity contribution in [3.05, 3.63) is 30.3 Å². The molecule has 0 amide bonds. The number of thioether (sulfide) groups is 1. The Hall–Kier alpha value is -0.510. The highest BCUT2D eigenvalue weighted by Gasteiger charge is 2.25. The molecule has 28 heavy (non-hydrogen) atoms. The molecule has 0 aromatic heterocycles. The van der Waals surface area contributed by atoms with Crippen LogP contribution >= 0.6 is 35.7 Å². The van der Waals surface area contributed by atoms with Crippen molar-refractivity contribution in [2.75, 3.05) is 45.1 Å². The topological polar surface area (TPSA) is 57.1 Å². The number of likely N-dealkylation sites (tertiary alicyclic amines) is 1. The van der Waals surface area contributed by atoms with Gasteiger partial charge in [0.05, 0.1) is 19.3 Å². The van der Waals surface area contributed by atoms with E-state index in [-0.39, 0.29) is 24.0 Å². The second-order valence-electron chi connectivity index (χ2n) is 7.50. The van der Waals surface area contributed by atoms with Crippen LogP contribution in [-0.2, 0) is 4.74 Å². The van der Waals surface area contributed by atoms with E-state index in [9.17, 15) is 5.11 Å². The number of nitrogens with one attached hydrogen (secondary N) is 1. The summed E-state index contributed by atoms with van der Waals surface area (Å²) in [7, 11) is 0. The van der Waals surface area contributed by atoms with E-state index in [0.717, 1.165) is 31.3 Å². The van der Waals surface area contributed by atoms with Crippen LogP contribution in [0.15, 0.2) is 40.2 Å². The molecule has 1 saturated heterocycles. The zero-order valence-electron chi connectivity index (χ0n) is 17.3. The average Bonchev–Trinajstić information content (AvgIpc) is 3.13. The quantitative estimate of drug-likeness (QED) is 0.213. The van der Waals surface area contributed by atoms with Crippen molar-refractivity contribution in [1.82, 2.24) is 10.2 Å². The molecule has 2 unspecified atom stereocenters. The number of aliphatic hydroxyl groups is 1. The summed E-state index contributed by atoms with van der Waals surface area (Å²) in [6, 6.07) is 10.6. The summed E-state index contributed by atoms with van der Waals surface area (Å²) >= 11 is 1.93. The minimum absolute atomic E-state index is 0. The lowest BCUT2D eigenvalue weighted by molar-refractivity contribution is 0.0300. The predicted octanol–water partition coefficient (Wildman–Crippen LogP) is 3.72. The second kappa shape index (κ2) is 14.5. The Morgan fingerprint density at radius 3 is 2.75 bits per heavy atom. The van der Waals surface area contributed by atoms with Gasteiger partial charge in [-0.1, -0.05) is 32.0 Å². The highest BCUT2D eigenvalue weighted by molar-refractivity contribution is 14.0. The van der Waals surface area contributed by atoms with E-state index < -0.39 is 6.10 Å². The molecule has 2 N–H and O–H groups in total. The first-order valence-corrected chi connectivity index (χ1v) is 11.0. The molecule has 0 spiro atoms. The van der Waals surface area contributed by atoms with Crippen LogP contribution < -0.4 is 5.32 Å². The summed E-state index contributed by atoms with van der Waals surface area (Å²) in [5.74, 6) is 3.19. The van der Waals surface area contributed by atoms with Crippen LogP contribution in [0.25, 0.3) is 0 Å². The number of rotatable bonds is 10. The summed E-state index contributed by atoms with van der Waals surface area (Å²) in [5, 5.41) is 13.5. The number of aliphatic imine (C=N–C) groups is 1. The van der Waals surface area contributed by atoms with Gasteiger partial charge in [-0.3, -0.25) is 4.99 Å². The molecule has 1 aromatic rings. The van der Waals surface area contributed by atoms with Crippen molar-refractivity contribution < 1.29 is 9.84 Å². The van der Waals surface area contributed by atoms with Crippen LogP contribution in [0.3, 0.4) is 0 Å². The summed E-state index contributed by atoms with van der Waals surface area (Å²) in [4.78, 5) is 8.30. The van der Waals surface area contributed by atoms with Gasteiger partial charge in [0, 0.05) is 36.9 Å². The van der Waals surface area contributed by atoms with Gasteiger partial charge < -0.3 is 20.1 Å². The van der Waals surface area contributed by atoms with Gasteiger partial charge >= 0.3 is 0 Å².